The summed E-state index contributed by atoms with van der Waals surface area (Å²) >= 11 is 0. The Kier molecular flexibility index (Phi) is 20.7. The van der Waals surface area contributed by atoms with E-state index in [1.54, 1.807) is 6.92 Å². The Morgan fingerprint density at radius 2 is 1.63 bits per heavy atom. The Morgan fingerprint density at radius 3 is 2.07 bits per heavy atom. The van der Waals surface area contributed by atoms with E-state index in [-0.39, 0.29) is 0 Å². The van der Waals surface area contributed by atoms with Crippen LogP contribution in [0, 0.1) is 0 Å². The highest BCUT2D eigenvalue weighted by Crippen LogP contribution is 2.13. The topological polar surface area (TPSA) is 51.1 Å². The summed E-state index contributed by atoms with van der Waals surface area (Å²) in [5.41, 5.74) is 2.97. The zero-order valence-electron chi connectivity index (χ0n) is 19.7. The average Bonchev–Trinajstić information content (AvgIpc) is 2.71. The first-order valence-corrected chi connectivity index (χ1v) is 10.7. The Balaban J connectivity index is 0. The first-order valence-electron chi connectivity index (χ1n) is 10.7. The SMILES string of the molecule is C=C(NCN(F)F)C(C)=N/C(CN(CCC)CCC)=C(C)/C=C\C=C/C.CCCO. The van der Waals surface area contributed by atoms with Crippen molar-refractivity contribution in [1.82, 2.24) is 15.6 Å². The summed E-state index contributed by atoms with van der Waals surface area (Å²) in [7, 11) is 0. The van der Waals surface area contributed by atoms with Crippen molar-refractivity contribution in [3.63, 3.8) is 0 Å². The van der Waals surface area contributed by atoms with Gasteiger partial charge in [-0.3, -0.25) is 9.89 Å². The van der Waals surface area contributed by atoms with Gasteiger partial charge in [-0.15, -0.1) is 0 Å². The minimum atomic E-state index is -0.926. The second-order valence-corrected chi connectivity index (χ2v) is 6.83. The van der Waals surface area contributed by atoms with Crippen LogP contribution in [0.15, 0.2) is 52.8 Å². The molecule has 0 heterocycles. The summed E-state index contributed by atoms with van der Waals surface area (Å²) in [6.45, 7) is 18.3. The van der Waals surface area contributed by atoms with Crippen molar-refractivity contribution in [2.45, 2.75) is 60.8 Å². The summed E-state index contributed by atoms with van der Waals surface area (Å²) in [6.07, 6.45) is 10.9. The summed E-state index contributed by atoms with van der Waals surface area (Å²) in [6, 6.07) is 0. The molecule has 0 aromatic heterocycles. The van der Waals surface area contributed by atoms with Gasteiger partial charge in [0.25, 0.3) is 0 Å². The van der Waals surface area contributed by atoms with E-state index in [1.807, 2.05) is 45.1 Å². The second-order valence-electron chi connectivity index (χ2n) is 6.83. The smallest absolute Gasteiger partial charge is 0.130 e. The zero-order valence-corrected chi connectivity index (χ0v) is 19.7. The molecule has 5 nitrogen and oxygen atoms in total. The third-order valence-electron chi connectivity index (χ3n) is 3.93. The van der Waals surface area contributed by atoms with Crippen molar-refractivity contribution < 1.29 is 14.1 Å². The van der Waals surface area contributed by atoms with Crippen LogP contribution in [0.25, 0.3) is 0 Å². The fraction of sp³-hybridized carbons (Fsp3) is 0.609. The summed E-state index contributed by atoms with van der Waals surface area (Å²) in [5, 5.41) is 9.52. The van der Waals surface area contributed by atoms with Crippen LogP contribution in [0.3, 0.4) is 0 Å². The molecule has 0 bridgehead atoms. The molecule has 0 saturated heterocycles. The molecule has 0 radical (unpaired) electrons. The number of allylic oxidation sites excluding steroid dienone is 6. The molecule has 7 heteroatoms. The highest BCUT2D eigenvalue weighted by atomic mass is 19.4. The van der Waals surface area contributed by atoms with Crippen LogP contribution in [0.2, 0.25) is 0 Å². The molecule has 0 aliphatic carbocycles. The molecule has 174 valence electrons. The number of aliphatic imine (C=N–C) groups is 1. The molecule has 0 atom stereocenters. The summed E-state index contributed by atoms with van der Waals surface area (Å²) < 4.78 is 24.4. The zero-order chi connectivity index (χ0) is 23.4. The molecule has 2 N–H and O–H groups in total. The molecule has 0 aliphatic rings. The number of aliphatic hydroxyl groups is 1. The summed E-state index contributed by atoms with van der Waals surface area (Å²) in [5.74, 6) is 0. The summed E-state index contributed by atoms with van der Waals surface area (Å²) in [4.78, 5) is 7.05. The lowest BCUT2D eigenvalue weighted by atomic mass is 10.2. The van der Waals surface area contributed by atoms with Gasteiger partial charge in [-0.05, 0) is 58.7 Å². The Labute approximate surface area is 182 Å². The van der Waals surface area contributed by atoms with Gasteiger partial charge in [0.1, 0.15) is 6.67 Å². The van der Waals surface area contributed by atoms with Gasteiger partial charge >= 0.3 is 0 Å². The lowest BCUT2D eigenvalue weighted by Crippen LogP contribution is -2.29. The molecule has 0 aromatic carbocycles. The van der Waals surface area contributed by atoms with E-state index in [1.165, 1.54) is 0 Å². The van der Waals surface area contributed by atoms with E-state index in [2.05, 4.69) is 30.6 Å². The van der Waals surface area contributed by atoms with E-state index in [9.17, 15) is 8.96 Å². The predicted molar refractivity (Wildman–Crippen MR) is 125 cm³/mol. The van der Waals surface area contributed by atoms with Crippen LogP contribution in [-0.2, 0) is 0 Å². The first-order chi connectivity index (χ1) is 14.3. The van der Waals surface area contributed by atoms with E-state index in [4.69, 9.17) is 10.1 Å². The van der Waals surface area contributed by atoms with Gasteiger partial charge in [-0.2, -0.15) is 0 Å². The number of nitrogens with zero attached hydrogens (tertiary/aromatic N) is 3. The first kappa shape index (κ1) is 30.4. The number of hydrogen-bond acceptors (Lipinski definition) is 5. The lowest BCUT2D eigenvalue weighted by Gasteiger charge is -2.22. The lowest BCUT2D eigenvalue weighted by molar-refractivity contribution is -0.156. The van der Waals surface area contributed by atoms with Crippen molar-refractivity contribution in [2.24, 2.45) is 4.99 Å². The van der Waals surface area contributed by atoms with Crippen LogP contribution in [0.1, 0.15) is 60.8 Å². The maximum atomic E-state index is 12.2. The standard InChI is InChI=1S/C20H34F2N4.C3H8O/c1-7-10-11-12-17(4)20(15-25(13-8-2)14-9-3)24-19(6)18(5)23-16-26(21)22;1-2-3-4/h7,10-12,23H,5,8-9,13-16H2,1-4,6H3;4H,2-3H2,1H3/b10-7-,12-11-,20-17+,24-19?;. The van der Waals surface area contributed by atoms with E-state index >= 15 is 0 Å². The maximum absolute atomic E-state index is 12.2. The fourth-order valence-electron chi connectivity index (χ4n) is 2.32. The second kappa shape index (κ2) is 20.4. The Morgan fingerprint density at radius 1 is 1.07 bits per heavy atom. The highest BCUT2D eigenvalue weighted by Gasteiger charge is 2.10. The molecular weight excluding hydrogens is 386 g/mol. The van der Waals surface area contributed by atoms with E-state index < -0.39 is 12.0 Å². The van der Waals surface area contributed by atoms with Crippen molar-refractivity contribution in [3.05, 3.63) is 47.9 Å². The molecular formula is C23H42F2N4O. The number of hydrogen-bond donors (Lipinski definition) is 2. The predicted octanol–water partition coefficient (Wildman–Crippen LogP) is 5.50. The van der Waals surface area contributed by atoms with Gasteiger partial charge in [-0.25, -0.2) is 0 Å². The number of nitrogens with one attached hydrogen (secondary N) is 1. The quantitative estimate of drug-likeness (QED) is 0.166. The van der Waals surface area contributed by atoms with Crippen molar-refractivity contribution in [1.29, 1.82) is 0 Å². The van der Waals surface area contributed by atoms with Gasteiger partial charge in [0.05, 0.1) is 11.4 Å². The maximum Gasteiger partial charge on any atom is 0.130 e. The molecule has 30 heavy (non-hydrogen) atoms. The number of rotatable bonds is 14. The van der Waals surface area contributed by atoms with Crippen LogP contribution in [0.4, 0.5) is 8.96 Å². The monoisotopic (exact) mass is 428 g/mol. The molecule has 0 aromatic rings. The Hall–Kier alpha value is -1.83. The van der Waals surface area contributed by atoms with Gasteiger partial charge in [0, 0.05) is 24.2 Å². The normalized spacial score (nSPS) is 13.1. The van der Waals surface area contributed by atoms with Gasteiger partial charge in [0.15, 0.2) is 0 Å². The minimum Gasteiger partial charge on any atom is -0.396 e. The van der Waals surface area contributed by atoms with Gasteiger partial charge in [-0.1, -0.05) is 60.6 Å². The van der Waals surface area contributed by atoms with Gasteiger partial charge < -0.3 is 10.4 Å². The van der Waals surface area contributed by atoms with Crippen LogP contribution in [-0.4, -0.2) is 54.0 Å². The molecule has 0 fully saturated rings. The largest absolute Gasteiger partial charge is 0.396 e. The molecule has 0 spiro atoms. The molecule has 0 rings (SSSR count). The fourth-order valence-corrected chi connectivity index (χ4v) is 2.32. The van der Waals surface area contributed by atoms with Gasteiger partial charge in [0.2, 0.25) is 0 Å². The van der Waals surface area contributed by atoms with E-state index in [0.717, 1.165) is 50.2 Å². The molecule has 0 saturated carbocycles. The number of aliphatic hydroxyl groups excluding tert-OH is 1. The van der Waals surface area contributed by atoms with Crippen LogP contribution in [0.5, 0.6) is 0 Å². The molecule has 0 amide bonds. The van der Waals surface area contributed by atoms with Crippen molar-refractivity contribution >= 4 is 5.71 Å². The number of halogens is 2. The van der Waals surface area contributed by atoms with E-state index in [0.29, 0.717) is 18.0 Å². The molecule has 0 aliphatic heterocycles. The van der Waals surface area contributed by atoms with Crippen molar-refractivity contribution in [3.8, 4) is 0 Å². The third kappa shape index (κ3) is 17.1. The highest BCUT2D eigenvalue weighted by molar-refractivity contribution is 5.97. The minimum absolute atomic E-state index is 0.319. The van der Waals surface area contributed by atoms with Crippen LogP contribution < -0.4 is 5.32 Å². The third-order valence-corrected chi connectivity index (χ3v) is 3.93. The van der Waals surface area contributed by atoms with Crippen molar-refractivity contribution in [2.75, 3.05) is 32.9 Å². The Bertz CT molecular complexity index is 562. The molecule has 0 unspecified atom stereocenters. The average molecular weight is 429 g/mol. The van der Waals surface area contributed by atoms with Crippen LogP contribution >= 0.6 is 0 Å².